The van der Waals surface area contributed by atoms with E-state index in [1.54, 1.807) is 6.92 Å². The molecule has 0 aromatic rings. The van der Waals surface area contributed by atoms with Gasteiger partial charge in [-0.1, -0.05) is 12.2 Å². The van der Waals surface area contributed by atoms with Crippen molar-refractivity contribution in [1.29, 1.82) is 0 Å². The number of nitrogens with two attached hydrogens (primary N) is 1. The average molecular weight is 223 g/mol. The number of carbonyl (C=O) groups excluding carboxylic acids is 1. The minimum absolute atomic E-state index is 0.221. The molecular weight excluding hydrogens is 209 g/mol. The quantitative estimate of drug-likeness (QED) is 0.332. The zero-order chi connectivity index (χ0) is 11.2. The summed E-state index contributed by atoms with van der Waals surface area (Å²) < 4.78 is 15.0. The minimum atomic E-state index is -4.06. The van der Waals surface area contributed by atoms with Gasteiger partial charge in [-0.2, -0.15) is 0 Å². The number of allylic oxidation sites excluding steroid dienone is 1. The van der Waals surface area contributed by atoms with Crippen LogP contribution in [0.2, 0.25) is 0 Å². The molecule has 6 nitrogen and oxygen atoms in total. The molecule has 1 unspecified atom stereocenters. The molecule has 0 radical (unpaired) electrons. The highest BCUT2D eigenvalue weighted by Crippen LogP contribution is 2.33. The van der Waals surface area contributed by atoms with Gasteiger partial charge < -0.3 is 20.3 Å². The third-order valence-corrected chi connectivity index (χ3v) is 1.93. The smallest absolute Gasteiger partial charge is 0.329 e. The Labute approximate surface area is 81.9 Å². The minimum Gasteiger partial charge on any atom is -0.465 e. The molecule has 0 saturated carbocycles. The van der Waals surface area contributed by atoms with Gasteiger partial charge in [-0.15, -0.1) is 0 Å². The van der Waals surface area contributed by atoms with Crippen LogP contribution in [0.25, 0.3) is 0 Å². The van der Waals surface area contributed by atoms with Crippen molar-refractivity contribution in [3.8, 4) is 0 Å². The summed E-state index contributed by atoms with van der Waals surface area (Å²) in [6.45, 7) is 1.86. The molecule has 14 heavy (non-hydrogen) atoms. The third-order valence-electron chi connectivity index (χ3n) is 1.25. The Kier molecular flexibility index (Phi) is 5.64. The average Bonchev–Trinajstić information content (AvgIpc) is 2.02. The molecule has 0 heterocycles. The predicted octanol–water partition coefficient (Wildman–Crippen LogP) is -0.389. The maximum atomic E-state index is 10.9. The summed E-state index contributed by atoms with van der Waals surface area (Å²) >= 11 is 0. The second kappa shape index (κ2) is 5.93. The highest BCUT2D eigenvalue weighted by Gasteiger charge is 2.12. The Bertz CT molecular complexity index is 259. The molecule has 0 spiro atoms. The van der Waals surface area contributed by atoms with Crippen LogP contribution in [0.4, 0.5) is 0 Å². The van der Waals surface area contributed by atoms with E-state index in [1.807, 2.05) is 0 Å². The van der Waals surface area contributed by atoms with Crippen molar-refractivity contribution in [2.45, 2.75) is 13.0 Å². The topological polar surface area (TPSA) is 110 Å². The van der Waals surface area contributed by atoms with Crippen LogP contribution in [0.1, 0.15) is 6.92 Å². The largest absolute Gasteiger partial charge is 0.465 e. The molecule has 0 aliphatic rings. The fourth-order valence-corrected chi connectivity index (χ4v) is 1.06. The summed E-state index contributed by atoms with van der Waals surface area (Å²) in [6, 6.07) is -0.971. The van der Waals surface area contributed by atoms with E-state index in [1.165, 1.54) is 12.2 Å². The number of rotatable bonds is 5. The van der Waals surface area contributed by atoms with Gasteiger partial charge in [0, 0.05) is 0 Å². The summed E-state index contributed by atoms with van der Waals surface area (Å²) in [7, 11) is -4.06. The summed E-state index contributed by atoms with van der Waals surface area (Å²) in [5.41, 5.74) is 5.32. The summed E-state index contributed by atoms with van der Waals surface area (Å²) in [6.07, 6.45) is 1.94. The second-order valence-corrected chi connectivity index (χ2v) is 4.25. The van der Waals surface area contributed by atoms with Crippen LogP contribution in [-0.2, 0) is 14.1 Å². The van der Waals surface area contributed by atoms with Crippen molar-refractivity contribution < 1.29 is 23.9 Å². The normalized spacial score (nSPS) is 14.3. The molecule has 0 saturated heterocycles. The Morgan fingerprint density at radius 1 is 1.64 bits per heavy atom. The maximum absolute atomic E-state index is 10.9. The van der Waals surface area contributed by atoms with Crippen LogP contribution in [0.5, 0.6) is 0 Å². The van der Waals surface area contributed by atoms with Gasteiger partial charge >= 0.3 is 13.6 Å². The van der Waals surface area contributed by atoms with E-state index in [2.05, 4.69) is 4.74 Å². The van der Waals surface area contributed by atoms with Gasteiger partial charge in [-0.3, -0.25) is 9.36 Å². The number of esters is 1. The van der Waals surface area contributed by atoms with Crippen LogP contribution in [0.3, 0.4) is 0 Å². The van der Waals surface area contributed by atoms with Crippen molar-refractivity contribution in [3.05, 3.63) is 12.2 Å². The lowest BCUT2D eigenvalue weighted by atomic mass is 10.3. The van der Waals surface area contributed by atoms with E-state index in [9.17, 15) is 9.36 Å². The Hall–Kier alpha value is -0.680. The van der Waals surface area contributed by atoms with Gasteiger partial charge in [0.1, 0.15) is 6.04 Å². The monoisotopic (exact) mass is 223 g/mol. The van der Waals surface area contributed by atoms with E-state index in [-0.39, 0.29) is 6.61 Å². The van der Waals surface area contributed by atoms with Crippen LogP contribution >= 0.6 is 7.60 Å². The number of ether oxygens (including phenoxy) is 1. The molecule has 0 bridgehead atoms. The zero-order valence-corrected chi connectivity index (χ0v) is 8.68. The summed E-state index contributed by atoms with van der Waals surface area (Å²) in [5.74, 6) is -0.616. The van der Waals surface area contributed by atoms with Crippen LogP contribution < -0.4 is 5.73 Å². The van der Waals surface area contributed by atoms with Gasteiger partial charge in [-0.25, -0.2) is 0 Å². The lowest BCUT2D eigenvalue weighted by Crippen LogP contribution is -2.30. The van der Waals surface area contributed by atoms with Crippen molar-refractivity contribution in [2.24, 2.45) is 5.73 Å². The predicted molar refractivity (Wildman–Crippen MR) is 50.7 cm³/mol. The first-order valence-corrected chi connectivity index (χ1v) is 5.80. The molecule has 4 N–H and O–H groups in total. The van der Waals surface area contributed by atoms with Gasteiger partial charge in [0.05, 0.1) is 12.8 Å². The molecule has 7 heteroatoms. The van der Waals surface area contributed by atoms with E-state index in [0.29, 0.717) is 0 Å². The highest BCUT2D eigenvalue weighted by molar-refractivity contribution is 7.51. The molecule has 0 amide bonds. The number of hydrogen-bond donors (Lipinski definition) is 3. The van der Waals surface area contributed by atoms with E-state index >= 15 is 0 Å². The van der Waals surface area contributed by atoms with E-state index in [4.69, 9.17) is 15.5 Å². The lowest BCUT2D eigenvalue weighted by molar-refractivity contribution is -0.143. The Morgan fingerprint density at radius 3 is 2.64 bits per heavy atom. The first-order chi connectivity index (χ1) is 6.37. The molecule has 82 valence electrons. The van der Waals surface area contributed by atoms with Crippen molar-refractivity contribution >= 4 is 13.6 Å². The molecule has 0 fully saturated rings. The Morgan fingerprint density at radius 2 is 2.21 bits per heavy atom. The summed E-state index contributed by atoms with van der Waals surface area (Å²) in [4.78, 5) is 27.9. The molecule has 0 aliphatic carbocycles. The molecule has 0 aromatic heterocycles. The van der Waals surface area contributed by atoms with Gasteiger partial charge in [0.15, 0.2) is 0 Å². The Balaban J connectivity index is 3.99. The van der Waals surface area contributed by atoms with Crippen molar-refractivity contribution in [3.63, 3.8) is 0 Å². The SMILES string of the molecule is CCOC(=O)C(N)C=CCP(=O)(O)O. The lowest BCUT2D eigenvalue weighted by Gasteiger charge is -2.05. The zero-order valence-electron chi connectivity index (χ0n) is 7.79. The molecule has 0 aliphatic heterocycles. The standard InChI is InChI=1S/C7H14NO5P/c1-2-13-7(9)6(8)4-3-5-14(10,11)12/h3-4,6H,2,5,8H2,1H3,(H2,10,11,12). The molecule has 1 atom stereocenters. The maximum Gasteiger partial charge on any atom is 0.329 e. The van der Waals surface area contributed by atoms with Crippen molar-refractivity contribution in [2.75, 3.05) is 12.8 Å². The molecular formula is C7H14NO5P. The van der Waals surface area contributed by atoms with E-state index < -0.39 is 25.8 Å². The number of hydrogen-bond acceptors (Lipinski definition) is 4. The fraction of sp³-hybridized carbons (Fsp3) is 0.571. The number of carbonyl (C=O) groups is 1. The van der Waals surface area contributed by atoms with Gasteiger partial charge in [0.25, 0.3) is 0 Å². The van der Waals surface area contributed by atoms with Gasteiger partial charge in [-0.05, 0) is 6.92 Å². The molecule has 0 aromatic carbocycles. The fourth-order valence-electron chi connectivity index (χ4n) is 0.662. The van der Waals surface area contributed by atoms with Crippen LogP contribution in [-0.4, -0.2) is 34.6 Å². The molecule has 0 rings (SSSR count). The van der Waals surface area contributed by atoms with Crippen molar-refractivity contribution in [1.82, 2.24) is 0 Å². The first kappa shape index (κ1) is 13.3. The van der Waals surface area contributed by atoms with E-state index in [0.717, 1.165) is 0 Å². The van der Waals surface area contributed by atoms with Crippen LogP contribution in [0.15, 0.2) is 12.2 Å². The van der Waals surface area contributed by atoms with Gasteiger partial charge in [0.2, 0.25) is 0 Å². The first-order valence-electron chi connectivity index (χ1n) is 4.00. The van der Waals surface area contributed by atoms with Crippen LogP contribution in [0, 0.1) is 0 Å². The second-order valence-electron chi connectivity index (χ2n) is 2.55. The highest BCUT2D eigenvalue weighted by atomic mass is 31.2. The summed E-state index contributed by atoms with van der Waals surface area (Å²) in [5, 5.41) is 0. The third kappa shape index (κ3) is 6.80.